The largest absolute Gasteiger partial charge is 0.324 e. The molecule has 0 saturated carbocycles. The fourth-order valence-electron chi connectivity index (χ4n) is 3.01. The topological polar surface area (TPSA) is 29.3 Å². The number of nitrogens with zero attached hydrogens (tertiary/aromatic N) is 1. The molecule has 1 aliphatic heterocycles. The second-order valence-electron chi connectivity index (χ2n) is 5.10. The second kappa shape index (κ2) is 5.13. The summed E-state index contributed by atoms with van der Waals surface area (Å²) in [6.45, 7) is 4.86. The highest BCUT2D eigenvalue weighted by atomic mass is 15.2. The van der Waals surface area contributed by atoms with Gasteiger partial charge in [-0.15, -0.1) is 0 Å². The highest BCUT2D eigenvalue weighted by molar-refractivity contribution is 5.05. The van der Waals surface area contributed by atoms with Gasteiger partial charge in [-0.05, 0) is 38.1 Å². The van der Waals surface area contributed by atoms with Crippen LogP contribution < -0.4 is 5.73 Å². The zero-order chi connectivity index (χ0) is 10.7. The van der Waals surface area contributed by atoms with E-state index in [0.717, 1.165) is 12.5 Å². The van der Waals surface area contributed by atoms with E-state index in [1.54, 1.807) is 0 Å². The maximum absolute atomic E-state index is 5.89. The van der Waals surface area contributed by atoms with Gasteiger partial charge in [0.05, 0.1) is 0 Å². The fraction of sp³-hybridized carbons (Fsp3) is 0.846. The van der Waals surface area contributed by atoms with Crippen molar-refractivity contribution in [1.29, 1.82) is 0 Å². The van der Waals surface area contributed by atoms with Gasteiger partial charge < -0.3 is 5.73 Å². The monoisotopic (exact) mass is 208 g/mol. The van der Waals surface area contributed by atoms with E-state index in [9.17, 15) is 0 Å². The van der Waals surface area contributed by atoms with E-state index in [4.69, 9.17) is 5.73 Å². The van der Waals surface area contributed by atoms with Crippen molar-refractivity contribution in [3.05, 3.63) is 12.2 Å². The van der Waals surface area contributed by atoms with Gasteiger partial charge in [0.1, 0.15) is 0 Å². The molecule has 3 atom stereocenters. The van der Waals surface area contributed by atoms with Crippen molar-refractivity contribution in [3.8, 4) is 0 Å². The lowest BCUT2D eigenvalue weighted by Gasteiger charge is -2.36. The summed E-state index contributed by atoms with van der Waals surface area (Å²) in [7, 11) is 0. The summed E-state index contributed by atoms with van der Waals surface area (Å²) in [6, 6.07) is 1.16. The van der Waals surface area contributed by atoms with Crippen molar-refractivity contribution >= 4 is 0 Å². The minimum atomic E-state index is 0.319. The molecule has 3 unspecified atom stereocenters. The highest BCUT2D eigenvalue weighted by Crippen LogP contribution is 2.24. The predicted octanol–water partition coefficient (Wildman–Crippen LogP) is 2.15. The maximum atomic E-state index is 5.89. The van der Waals surface area contributed by atoms with Crippen LogP contribution in [-0.4, -0.2) is 30.1 Å². The molecule has 1 saturated heterocycles. The lowest BCUT2D eigenvalue weighted by Crippen LogP contribution is -2.41. The lowest BCUT2D eigenvalue weighted by molar-refractivity contribution is 0.129. The standard InChI is InChI=1S/C13H24N2/c1-2-13-5-3-4-8-15(13)10-11-6-7-12(14)9-11/h6-7,11-13H,2-5,8-10,14H2,1H3. The Labute approximate surface area is 93.5 Å². The van der Waals surface area contributed by atoms with E-state index in [-0.39, 0.29) is 0 Å². The average molecular weight is 208 g/mol. The Hall–Kier alpha value is -0.340. The fourth-order valence-corrected chi connectivity index (χ4v) is 3.01. The Morgan fingerprint density at radius 2 is 2.20 bits per heavy atom. The third-order valence-electron chi connectivity index (χ3n) is 3.89. The van der Waals surface area contributed by atoms with Crippen LogP contribution in [0.5, 0.6) is 0 Å². The number of hydrogen-bond acceptors (Lipinski definition) is 2. The smallest absolute Gasteiger partial charge is 0.0229 e. The first kappa shape index (κ1) is 11.2. The van der Waals surface area contributed by atoms with E-state index in [2.05, 4.69) is 24.0 Å². The molecule has 86 valence electrons. The van der Waals surface area contributed by atoms with Gasteiger partial charge in [0.25, 0.3) is 0 Å². The van der Waals surface area contributed by atoms with E-state index < -0.39 is 0 Å². The Balaban J connectivity index is 1.84. The SMILES string of the molecule is CCC1CCCCN1CC1C=CC(N)C1. The minimum absolute atomic E-state index is 0.319. The van der Waals surface area contributed by atoms with Crippen LogP contribution in [0.4, 0.5) is 0 Å². The van der Waals surface area contributed by atoms with Crippen LogP contribution in [-0.2, 0) is 0 Å². The highest BCUT2D eigenvalue weighted by Gasteiger charge is 2.24. The summed E-state index contributed by atoms with van der Waals surface area (Å²) in [4.78, 5) is 2.69. The molecule has 0 amide bonds. The van der Waals surface area contributed by atoms with Gasteiger partial charge in [0, 0.05) is 18.6 Å². The molecule has 15 heavy (non-hydrogen) atoms. The van der Waals surface area contributed by atoms with E-state index in [1.807, 2.05) is 0 Å². The summed E-state index contributed by atoms with van der Waals surface area (Å²) in [5.74, 6) is 0.715. The van der Waals surface area contributed by atoms with Gasteiger partial charge in [-0.2, -0.15) is 0 Å². The molecular formula is C13H24N2. The first-order valence-electron chi connectivity index (χ1n) is 6.47. The Bertz CT molecular complexity index is 225. The van der Waals surface area contributed by atoms with Gasteiger partial charge in [0.15, 0.2) is 0 Å². The lowest BCUT2D eigenvalue weighted by atomic mass is 9.97. The van der Waals surface area contributed by atoms with Crippen molar-refractivity contribution in [2.45, 2.75) is 51.1 Å². The quantitative estimate of drug-likeness (QED) is 0.720. The number of hydrogen-bond donors (Lipinski definition) is 1. The number of rotatable bonds is 3. The molecule has 0 aromatic rings. The molecular weight excluding hydrogens is 184 g/mol. The van der Waals surface area contributed by atoms with Crippen molar-refractivity contribution < 1.29 is 0 Å². The molecule has 1 aliphatic carbocycles. The molecule has 2 nitrogen and oxygen atoms in total. The Kier molecular flexibility index (Phi) is 3.81. The van der Waals surface area contributed by atoms with Crippen molar-refractivity contribution in [3.63, 3.8) is 0 Å². The van der Waals surface area contributed by atoms with Crippen molar-refractivity contribution in [1.82, 2.24) is 4.90 Å². The van der Waals surface area contributed by atoms with Crippen molar-refractivity contribution in [2.75, 3.05) is 13.1 Å². The summed E-state index contributed by atoms with van der Waals surface area (Å²) in [6.07, 6.45) is 11.2. The maximum Gasteiger partial charge on any atom is 0.0229 e. The number of nitrogens with two attached hydrogens (primary N) is 1. The molecule has 2 N–H and O–H groups in total. The van der Waals surface area contributed by atoms with E-state index in [0.29, 0.717) is 12.0 Å². The molecule has 2 aliphatic rings. The normalized spacial score (nSPS) is 37.3. The van der Waals surface area contributed by atoms with Crippen LogP contribution in [0.2, 0.25) is 0 Å². The summed E-state index contributed by atoms with van der Waals surface area (Å²) in [5.41, 5.74) is 5.89. The van der Waals surface area contributed by atoms with Crippen LogP contribution in [0.25, 0.3) is 0 Å². The molecule has 0 spiro atoms. The third-order valence-corrected chi connectivity index (χ3v) is 3.89. The average Bonchev–Trinajstić information content (AvgIpc) is 2.65. The zero-order valence-corrected chi connectivity index (χ0v) is 9.86. The number of likely N-dealkylation sites (tertiary alicyclic amines) is 1. The van der Waals surface area contributed by atoms with Crippen LogP contribution >= 0.6 is 0 Å². The molecule has 2 rings (SSSR count). The molecule has 1 heterocycles. The van der Waals surface area contributed by atoms with Crippen LogP contribution in [0, 0.1) is 5.92 Å². The van der Waals surface area contributed by atoms with Crippen molar-refractivity contribution in [2.24, 2.45) is 11.7 Å². The van der Waals surface area contributed by atoms with Gasteiger partial charge in [-0.1, -0.05) is 25.5 Å². The number of piperidine rings is 1. The summed E-state index contributed by atoms with van der Waals surface area (Å²) in [5, 5.41) is 0. The van der Waals surface area contributed by atoms with Crippen LogP contribution in [0.1, 0.15) is 39.0 Å². The minimum Gasteiger partial charge on any atom is -0.324 e. The van der Waals surface area contributed by atoms with E-state index >= 15 is 0 Å². The molecule has 0 radical (unpaired) electrons. The summed E-state index contributed by atoms with van der Waals surface area (Å²) >= 11 is 0. The Morgan fingerprint density at radius 1 is 1.33 bits per heavy atom. The molecule has 0 aromatic carbocycles. The first-order valence-corrected chi connectivity index (χ1v) is 6.47. The second-order valence-corrected chi connectivity index (χ2v) is 5.10. The predicted molar refractivity (Wildman–Crippen MR) is 64.7 cm³/mol. The van der Waals surface area contributed by atoms with Gasteiger partial charge >= 0.3 is 0 Å². The molecule has 2 heteroatoms. The molecule has 0 bridgehead atoms. The van der Waals surface area contributed by atoms with Gasteiger partial charge in [-0.3, -0.25) is 4.90 Å². The third kappa shape index (κ3) is 2.82. The molecule has 0 aromatic heterocycles. The van der Waals surface area contributed by atoms with E-state index in [1.165, 1.54) is 38.8 Å². The molecule has 1 fully saturated rings. The first-order chi connectivity index (χ1) is 7.29. The van der Waals surface area contributed by atoms with Crippen LogP contribution in [0.3, 0.4) is 0 Å². The Morgan fingerprint density at radius 3 is 2.87 bits per heavy atom. The summed E-state index contributed by atoms with van der Waals surface area (Å²) < 4.78 is 0. The zero-order valence-electron chi connectivity index (χ0n) is 9.86. The van der Waals surface area contributed by atoms with Crippen LogP contribution in [0.15, 0.2) is 12.2 Å². The van der Waals surface area contributed by atoms with Gasteiger partial charge in [0.2, 0.25) is 0 Å². The van der Waals surface area contributed by atoms with Gasteiger partial charge in [-0.25, -0.2) is 0 Å².